The number of nitro benzene ring substituents is 1. The molecule has 7 nitrogen and oxygen atoms in total. The third-order valence-electron chi connectivity index (χ3n) is 4.74. The second kappa shape index (κ2) is 7.36. The molecule has 0 unspecified atom stereocenters. The van der Waals surface area contributed by atoms with Crippen LogP contribution in [-0.4, -0.2) is 39.9 Å². The van der Waals surface area contributed by atoms with E-state index in [0.29, 0.717) is 10.6 Å². The average molecular weight is 389 g/mol. The SMILES string of the molecule is Cc1cc(C(=O)N2C[C@@H](C(=O)O)[C@H](c3ccc(Cl)cc3)C2)cc([N+](=O)[O-])c1. The highest BCUT2D eigenvalue weighted by Crippen LogP contribution is 2.34. The molecule has 1 N–H and O–H groups in total. The third kappa shape index (κ3) is 3.93. The lowest BCUT2D eigenvalue weighted by Gasteiger charge is -2.17. The molecule has 2 atom stereocenters. The molecule has 0 radical (unpaired) electrons. The number of carbonyl (C=O) groups excluding carboxylic acids is 1. The first kappa shape index (κ1) is 18.8. The Kier molecular flexibility index (Phi) is 5.14. The molecule has 1 amide bonds. The van der Waals surface area contributed by atoms with Gasteiger partial charge < -0.3 is 10.0 Å². The molecule has 140 valence electrons. The van der Waals surface area contributed by atoms with E-state index in [4.69, 9.17) is 11.6 Å². The Balaban J connectivity index is 1.89. The highest BCUT2D eigenvalue weighted by atomic mass is 35.5. The summed E-state index contributed by atoms with van der Waals surface area (Å²) >= 11 is 5.90. The average Bonchev–Trinajstić information content (AvgIpc) is 3.06. The number of likely N-dealkylation sites (tertiary alicyclic amines) is 1. The predicted molar refractivity (Wildman–Crippen MR) is 99.1 cm³/mol. The Bertz CT molecular complexity index is 913. The van der Waals surface area contributed by atoms with Crippen molar-refractivity contribution in [3.05, 3.63) is 74.3 Å². The van der Waals surface area contributed by atoms with Gasteiger partial charge in [0.25, 0.3) is 11.6 Å². The number of halogens is 1. The minimum absolute atomic E-state index is 0.0448. The first-order valence-electron chi connectivity index (χ1n) is 8.30. The van der Waals surface area contributed by atoms with Crippen molar-refractivity contribution in [1.29, 1.82) is 0 Å². The normalized spacial score (nSPS) is 19.1. The number of non-ortho nitro benzene ring substituents is 1. The van der Waals surface area contributed by atoms with E-state index >= 15 is 0 Å². The Hall–Kier alpha value is -2.93. The van der Waals surface area contributed by atoms with Gasteiger partial charge in [0.1, 0.15) is 0 Å². The van der Waals surface area contributed by atoms with E-state index in [1.165, 1.54) is 17.0 Å². The van der Waals surface area contributed by atoms with Crippen LogP contribution in [0.15, 0.2) is 42.5 Å². The number of aryl methyl sites for hydroxylation is 1. The smallest absolute Gasteiger partial charge is 0.308 e. The van der Waals surface area contributed by atoms with Gasteiger partial charge in [-0.25, -0.2) is 0 Å². The largest absolute Gasteiger partial charge is 0.481 e. The molecule has 0 bridgehead atoms. The number of hydrogen-bond acceptors (Lipinski definition) is 4. The van der Waals surface area contributed by atoms with E-state index in [9.17, 15) is 24.8 Å². The molecule has 0 saturated carbocycles. The molecule has 27 heavy (non-hydrogen) atoms. The van der Waals surface area contributed by atoms with Crippen LogP contribution in [0.1, 0.15) is 27.4 Å². The van der Waals surface area contributed by atoms with Crippen LogP contribution in [-0.2, 0) is 4.79 Å². The maximum atomic E-state index is 12.9. The fourth-order valence-electron chi connectivity index (χ4n) is 3.44. The van der Waals surface area contributed by atoms with Gasteiger partial charge in [-0.3, -0.25) is 19.7 Å². The Morgan fingerprint density at radius 3 is 2.44 bits per heavy atom. The molecule has 2 aromatic carbocycles. The van der Waals surface area contributed by atoms with Crippen LogP contribution < -0.4 is 0 Å². The van der Waals surface area contributed by atoms with Crippen LogP contribution in [0.25, 0.3) is 0 Å². The molecule has 0 spiro atoms. The summed E-state index contributed by atoms with van der Waals surface area (Å²) in [4.78, 5) is 36.5. The van der Waals surface area contributed by atoms with E-state index in [1.807, 2.05) is 0 Å². The molecule has 1 aliphatic heterocycles. The molecule has 1 heterocycles. The van der Waals surface area contributed by atoms with Crippen LogP contribution in [0, 0.1) is 23.0 Å². The summed E-state index contributed by atoms with van der Waals surface area (Å²) in [6, 6.07) is 11.1. The van der Waals surface area contributed by atoms with Crippen molar-refractivity contribution in [2.45, 2.75) is 12.8 Å². The van der Waals surface area contributed by atoms with Gasteiger partial charge in [-0.15, -0.1) is 0 Å². The summed E-state index contributed by atoms with van der Waals surface area (Å²) < 4.78 is 0. The highest BCUT2D eigenvalue weighted by Gasteiger charge is 2.40. The van der Waals surface area contributed by atoms with E-state index in [0.717, 1.165) is 5.56 Å². The number of nitrogens with zero attached hydrogens (tertiary/aromatic N) is 2. The molecule has 0 aromatic heterocycles. The number of amides is 1. The van der Waals surface area contributed by atoms with Crippen LogP contribution in [0.4, 0.5) is 5.69 Å². The van der Waals surface area contributed by atoms with Gasteiger partial charge in [0.2, 0.25) is 0 Å². The molecule has 1 fully saturated rings. The molecular formula is C19H17ClN2O5. The van der Waals surface area contributed by atoms with E-state index in [-0.39, 0.29) is 30.3 Å². The Labute approximate surface area is 160 Å². The minimum atomic E-state index is -0.986. The fraction of sp³-hybridized carbons (Fsp3) is 0.263. The summed E-state index contributed by atoms with van der Waals surface area (Å²) in [6.07, 6.45) is 0. The summed E-state index contributed by atoms with van der Waals surface area (Å²) in [5.74, 6) is -2.52. The summed E-state index contributed by atoms with van der Waals surface area (Å²) in [6.45, 7) is 1.94. The maximum Gasteiger partial charge on any atom is 0.308 e. The quantitative estimate of drug-likeness (QED) is 0.638. The zero-order chi connectivity index (χ0) is 19.7. The first-order chi connectivity index (χ1) is 12.8. The standard InChI is InChI=1S/C19H17ClN2O5/c1-11-6-13(8-15(7-11)22(26)27)18(23)21-9-16(17(10-21)19(24)25)12-2-4-14(20)5-3-12/h2-8,16-17H,9-10H2,1H3,(H,24,25)/t16-,17+/m0/s1. The molecule has 1 aliphatic rings. The number of rotatable bonds is 4. The van der Waals surface area contributed by atoms with Crippen LogP contribution in [0.3, 0.4) is 0 Å². The number of carboxylic acids is 1. The lowest BCUT2D eigenvalue weighted by Crippen LogP contribution is -2.30. The van der Waals surface area contributed by atoms with Crippen LogP contribution in [0.5, 0.6) is 0 Å². The van der Waals surface area contributed by atoms with Gasteiger partial charge in [0.15, 0.2) is 0 Å². The van der Waals surface area contributed by atoms with Gasteiger partial charge in [-0.2, -0.15) is 0 Å². The Morgan fingerprint density at radius 2 is 1.85 bits per heavy atom. The zero-order valence-corrected chi connectivity index (χ0v) is 15.2. The van der Waals surface area contributed by atoms with Gasteiger partial charge in [-0.1, -0.05) is 23.7 Å². The predicted octanol–water partition coefficient (Wildman–Crippen LogP) is 3.50. The van der Waals surface area contributed by atoms with E-state index in [2.05, 4.69) is 0 Å². The first-order valence-corrected chi connectivity index (χ1v) is 8.67. The Morgan fingerprint density at radius 1 is 1.19 bits per heavy atom. The van der Waals surface area contributed by atoms with Gasteiger partial charge >= 0.3 is 5.97 Å². The van der Waals surface area contributed by atoms with Crippen LogP contribution in [0.2, 0.25) is 5.02 Å². The second-order valence-electron chi connectivity index (χ2n) is 6.63. The lowest BCUT2D eigenvalue weighted by atomic mass is 9.89. The fourth-order valence-corrected chi connectivity index (χ4v) is 3.57. The van der Waals surface area contributed by atoms with Gasteiger partial charge in [0, 0.05) is 41.7 Å². The van der Waals surface area contributed by atoms with Crippen molar-refractivity contribution < 1.29 is 19.6 Å². The number of carbonyl (C=O) groups is 2. The number of nitro groups is 1. The van der Waals surface area contributed by atoms with Crippen LogP contribution >= 0.6 is 11.6 Å². The summed E-state index contributed by atoms with van der Waals surface area (Å²) in [5, 5.41) is 21.2. The summed E-state index contributed by atoms with van der Waals surface area (Å²) in [7, 11) is 0. The molecule has 1 saturated heterocycles. The topological polar surface area (TPSA) is 101 Å². The number of carboxylic acid groups (broad SMARTS) is 1. The highest BCUT2D eigenvalue weighted by molar-refractivity contribution is 6.30. The molecule has 3 rings (SSSR count). The van der Waals surface area contributed by atoms with E-state index in [1.54, 1.807) is 37.3 Å². The van der Waals surface area contributed by atoms with Gasteiger partial charge in [-0.05, 0) is 36.2 Å². The van der Waals surface area contributed by atoms with E-state index < -0.39 is 22.7 Å². The van der Waals surface area contributed by atoms with Crippen molar-refractivity contribution in [2.75, 3.05) is 13.1 Å². The van der Waals surface area contributed by atoms with Crippen molar-refractivity contribution in [2.24, 2.45) is 5.92 Å². The second-order valence-corrected chi connectivity index (χ2v) is 7.06. The number of benzene rings is 2. The van der Waals surface area contributed by atoms with Crippen molar-refractivity contribution in [1.82, 2.24) is 4.90 Å². The number of hydrogen-bond donors (Lipinski definition) is 1. The number of aliphatic carboxylic acids is 1. The van der Waals surface area contributed by atoms with Crippen molar-refractivity contribution in [3.63, 3.8) is 0 Å². The van der Waals surface area contributed by atoms with Crippen molar-refractivity contribution >= 4 is 29.2 Å². The molecule has 0 aliphatic carbocycles. The molecule has 2 aromatic rings. The molecule has 8 heteroatoms. The third-order valence-corrected chi connectivity index (χ3v) is 4.99. The lowest BCUT2D eigenvalue weighted by molar-refractivity contribution is -0.384. The molecular weight excluding hydrogens is 372 g/mol. The summed E-state index contributed by atoms with van der Waals surface area (Å²) in [5.41, 5.74) is 1.40. The van der Waals surface area contributed by atoms with Gasteiger partial charge in [0.05, 0.1) is 10.8 Å². The zero-order valence-electron chi connectivity index (χ0n) is 14.5. The van der Waals surface area contributed by atoms with Crippen molar-refractivity contribution in [3.8, 4) is 0 Å². The monoisotopic (exact) mass is 388 g/mol. The maximum absolute atomic E-state index is 12.9. The minimum Gasteiger partial charge on any atom is -0.481 e.